The molecule has 3 heterocycles. The number of hydrogen-bond acceptors (Lipinski definition) is 5. The minimum Gasteiger partial charge on any atom is -0.366 e. The maximum Gasteiger partial charge on any atom is 0.168 e. The molecule has 0 radical (unpaired) electrons. The summed E-state index contributed by atoms with van der Waals surface area (Å²) in [6.45, 7) is 3.65. The molecule has 0 amide bonds. The topological polar surface area (TPSA) is 41.0 Å². The largest absolute Gasteiger partial charge is 0.366 e. The van der Waals surface area contributed by atoms with Crippen LogP contribution in [0.5, 0.6) is 0 Å². The third-order valence-electron chi connectivity index (χ3n) is 6.97. The number of likely N-dealkylation sites (tertiary alicyclic amines) is 1. The van der Waals surface area contributed by atoms with E-state index in [1.54, 1.807) is 12.1 Å². The Morgan fingerprint density at radius 3 is 2.42 bits per heavy atom. The van der Waals surface area contributed by atoms with Gasteiger partial charge in [-0.15, -0.1) is 10.2 Å². The molecule has 3 atom stereocenters. The molecule has 2 aromatic rings. The molecule has 8 heteroatoms. The fraction of sp³-hybridized carbons (Fsp3) is 0.565. The molecule has 2 aliphatic heterocycles. The van der Waals surface area contributed by atoms with Crippen LogP contribution >= 0.6 is 11.8 Å². The van der Waals surface area contributed by atoms with Gasteiger partial charge in [0.2, 0.25) is 0 Å². The summed E-state index contributed by atoms with van der Waals surface area (Å²) in [4.78, 5) is 2.67. The van der Waals surface area contributed by atoms with Gasteiger partial charge in [-0.05, 0) is 73.1 Å². The molecule has 1 saturated carbocycles. The number of hydrogen-bond donors (Lipinski definition) is 1. The van der Waals surface area contributed by atoms with Crippen molar-refractivity contribution in [1.82, 2.24) is 15.1 Å². The number of benzene rings is 1. The summed E-state index contributed by atoms with van der Waals surface area (Å²) < 4.78 is 40.9. The lowest BCUT2D eigenvalue weighted by Gasteiger charge is -2.27. The predicted molar refractivity (Wildman–Crippen MR) is 117 cm³/mol. The van der Waals surface area contributed by atoms with Crippen molar-refractivity contribution in [3.05, 3.63) is 41.7 Å². The van der Waals surface area contributed by atoms with E-state index >= 15 is 0 Å². The number of fused-ring (bicyclic) bond motifs is 1. The van der Waals surface area contributed by atoms with Gasteiger partial charge in [0.05, 0.1) is 5.69 Å². The van der Waals surface area contributed by atoms with Crippen LogP contribution in [-0.4, -0.2) is 52.3 Å². The van der Waals surface area contributed by atoms with Gasteiger partial charge in [0.1, 0.15) is 11.6 Å². The Balaban J connectivity index is 1.16. The van der Waals surface area contributed by atoms with E-state index in [0.717, 1.165) is 36.7 Å². The summed E-state index contributed by atoms with van der Waals surface area (Å²) in [5.74, 6) is 2.40. The minimum absolute atomic E-state index is 0.112. The molecule has 1 aliphatic carbocycles. The summed E-state index contributed by atoms with van der Waals surface area (Å²) in [5.41, 5.74) is -0.106. The smallest absolute Gasteiger partial charge is 0.168 e. The lowest BCUT2D eigenvalue weighted by atomic mass is 10.0. The first-order valence-corrected chi connectivity index (χ1v) is 12.3. The first kappa shape index (κ1) is 21.1. The van der Waals surface area contributed by atoms with E-state index in [1.165, 1.54) is 44.0 Å². The standard InChI is InChI=1S/C23H27F3N4S/c24-17-9-19(23(26)20(25)10-17)21-1-2-22(29-28-21)27-18-7-15-12-30(13-16(15)8-18)11-14-3-5-31-6-4-14/h1-2,9-10,14-16,18H,3-8,11-13H2,(H,27,29)/t15-,16+,18-. The Hall–Kier alpha value is -1.80. The van der Waals surface area contributed by atoms with Gasteiger partial charge in [0.15, 0.2) is 11.6 Å². The average molecular weight is 449 g/mol. The number of rotatable bonds is 5. The lowest BCUT2D eigenvalue weighted by Crippen LogP contribution is -2.31. The molecule has 4 nitrogen and oxygen atoms in total. The van der Waals surface area contributed by atoms with Gasteiger partial charge in [-0.25, -0.2) is 13.2 Å². The van der Waals surface area contributed by atoms with Crippen LogP contribution < -0.4 is 5.32 Å². The van der Waals surface area contributed by atoms with Crippen LogP contribution in [0.4, 0.5) is 19.0 Å². The number of nitrogens with zero attached hydrogens (tertiary/aromatic N) is 3. The molecule has 0 bridgehead atoms. The van der Waals surface area contributed by atoms with E-state index in [4.69, 9.17) is 0 Å². The Morgan fingerprint density at radius 1 is 1.00 bits per heavy atom. The number of anilines is 1. The predicted octanol–water partition coefficient (Wildman–Crippen LogP) is 4.83. The van der Waals surface area contributed by atoms with Crippen molar-refractivity contribution in [3.63, 3.8) is 0 Å². The van der Waals surface area contributed by atoms with Crippen LogP contribution in [0.1, 0.15) is 25.7 Å². The molecule has 0 spiro atoms. The molecule has 1 aromatic heterocycles. The van der Waals surface area contributed by atoms with Gasteiger partial charge in [-0.3, -0.25) is 0 Å². The van der Waals surface area contributed by atoms with Gasteiger partial charge in [-0.2, -0.15) is 11.8 Å². The Bertz CT molecular complexity index is 906. The van der Waals surface area contributed by atoms with Crippen molar-refractivity contribution in [2.75, 3.05) is 36.5 Å². The first-order valence-electron chi connectivity index (χ1n) is 11.1. The zero-order valence-corrected chi connectivity index (χ0v) is 18.2. The number of nitrogens with one attached hydrogen (secondary N) is 1. The Labute approximate surface area is 185 Å². The molecular weight excluding hydrogens is 421 g/mol. The highest BCUT2D eigenvalue weighted by Gasteiger charge is 2.41. The fourth-order valence-electron chi connectivity index (χ4n) is 5.46. The van der Waals surface area contributed by atoms with E-state index in [1.807, 2.05) is 0 Å². The molecule has 5 rings (SSSR count). The van der Waals surface area contributed by atoms with Gasteiger partial charge < -0.3 is 10.2 Å². The van der Waals surface area contributed by atoms with E-state index in [-0.39, 0.29) is 11.3 Å². The molecule has 3 fully saturated rings. The van der Waals surface area contributed by atoms with Crippen LogP contribution in [0.2, 0.25) is 0 Å². The second-order valence-corrected chi connectivity index (χ2v) is 10.4. The van der Waals surface area contributed by atoms with Gasteiger partial charge >= 0.3 is 0 Å². The van der Waals surface area contributed by atoms with Gasteiger partial charge in [0, 0.05) is 37.3 Å². The van der Waals surface area contributed by atoms with E-state index in [0.29, 0.717) is 17.9 Å². The SMILES string of the molecule is Fc1cc(F)c(F)c(-c2ccc(N[C@@H]3C[C@@H]4CN(CC5CCSCC5)C[C@@H]4C3)nn2)c1. The highest BCUT2D eigenvalue weighted by atomic mass is 32.2. The highest BCUT2D eigenvalue weighted by Crippen LogP contribution is 2.40. The lowest BCUT2D eigenvalue weighted by molar-refractivity contribution is 0.249. The summed E-state index contributed by atoms with van der Waals surface area (Å²) >= 11 is 2.09. The molecule has 1 aromatic carbocycles. The van der Waals surface area contributed by atoms with Crippen LogP contribution in [0, 0.1) is 35.2 Å². The third kappa shape index (κ3) is 4.70. The second kappa shape index (κ2) is 8.98. The molecule has 31 heavy (non-hydrogen) atoms. The summed E-state index contributed by atoms with van der Waals surface area (Å²) in [6, 6.07) is 5.06. The zero-order chi connectivity index (χ0) is 21.4. The second-order valence-electron chi connectivity index (χ2n) is 9.16. The monoisotopic (exact) mass is 448 g/mol. The normalized spacial score (nSPS) is 26.9. The molecule has 166 valence electrons. The molecular formula is C23H27F3N4S. The summed E-state index contributed by atoms with van der Waals surface area (Å²) in [6.07, 6.45) is 4.97. The van der Waals surface area contributed by atoms with E-state index < -0.39 is 17.5 Å². The minimum atomic E-state index is -1.23. The van der Waals surface area contributed by atoms with E-state index in [2.05, 4.69) is 32.2 Å². The molecule has 0 unspecified atom stereocenters. The van der Waals surface area contributed by atoms with Gasteiger partial charge in [-0.1, -0.05) is 0 Å². The summed E-state index contributed by atoms with van der Waals surface area (Å²) in [5, 5.41) is 11.6. The number of aromatic nitrogens is 2. The van der Waals surface area contributed by atoms with Crippen molar-refractivity contribution in [1.29, 1.82) is 0 Å². The van der Waals surface area contributed by atoms with Crippen molar-refractivity contribution >= 4 is 17.6 Å². The quantitative estimate of drug-likeness (QED) is 0.664. The van der Waals surface area contributed by atoms with Crippen LogP contribution in [-0.2, 0) is 0 Å². The molecule has 1 N–H and O–H groups in total. The number of halogens is 3. The van der Waals surface area contributed by atoms with Crippen molar-refractivity contribution in [3.8, 4) is 11.3 Å². The summed E-state index contributed by atoms with van der Waals surface area (Å²) in [7, 11) is 0. The Kier molecular flexibility index (Phi) is 6.10. The zero-order valence-electron chi connectivity index (χ0n) is 17.4. The van der Waals surface area contributed by atoms with Crippen molar-refractivity contribution in [2.24, 2.45) is 17.8 Å². The fourth-order valence-corrected chi connectivity index (χ4v) is 6.67. The van der Waals surface area contributed by atoms with Crippen LogP contribution in [0.3, 0.4) is 0 Å². The first-order chi connectivity index (χ1) is 15.0. The van der Waals surface area contributed by atoms with Crippen LogP contribution in [0.25, 0.3) is 11.3 Å². The molecule has 3 aliphatic rings. The molecule has 2 saturated heterocycles. The van der Waals surface area contributed by atoms with Crippen molar-refractivity contribution in [2.45, 2.75) is 31.7 Å². The average Bonchev–Trinajstić information content (AvgIpc) is 3.30. The van der Waals surface area contributed by atoms with Crippen LogP contribution in [0.15, 0.2) is 24.3 Å². The Morgan fingerprint density at radius 2 is 1.74 bits per heavy atom. The third-order valence-corrected chi connectivity index (χ3v) is 8.02. The van der Waals surface area contributed by atoms with Gasteiger partial charge in [0.25, 0.3) is 0 Å². The highest BCUT2D eigenvalue weighted by molar-refractivity contribution is 7.99. The van der Waals surface area contributed by atoms with Crippen molar-refractivity contribution < 1.29 is 13.2 Å². The van der Waals surface area contributed by atoms with E-state index in [9.17, 15) is 13.2 Å². The maximum atomic E-state index is 14.0. The number of thioether (sulfide) groups is 1. The maximum absolute atomic E-state index is 14.0.